The molecule has 1 aromatic heterocycles. The molecule has 0 radical (unpaired) electrons. The van der Waals surface area contributed by atoms with Crippen molar-refractivity contribution in [2.24, 2.45) is 7.05 Å². The first-order chi connectivity index (χ1) is 13.0. The zero-order chi connectivity index (χ0) is 19.0. The van der Waals surface area contributed by atoms with E-state index in [1.165, 1.54) is 17.7 Å². The van der Waals surface area contributed by atoms with Crippen molar-refractivity contribution in [2.75, 3.05) is 31.1 Å². The summed E-state index contributed by atoms with van der Waals surface area (Å²) in [5, 5.41) is 4.33. The number of aryl methyl sites for hydroxylation is 1. The fourth-order valence-electron chi connectivity index (χ4n) is 4.11. The van der Waals surface area contributed by atoms with E-state index in [2.05, 4.69) is 16.9 Å². The Morgan fingerprint density at radius 3 is 2.93 bits per heavy atom. The first-order valence-corrected chi connectivity index (χ1v) is 9.35. The SMILES string of the molecule is Cc1c(CN2CCCC3(C2)CN(c2cccc(F)c2)C(=O)CO3)cnn1C. The third-order valence-corrected chi connectivity index (χ3v) is 5.72. The van der Waals surface area contributed by atoms with Gasteiger partial charge in [-0.05, 0) is 44.5 Å². The molecule has 2 aromatic rings. The van der Waals surface area contributed by atoms with Gasteiger partial charge in [0, 0.05) is 37.1 Å². The van der Waals surface area contributed by atoms with Crippen LogP contribution in [-0.2, 0) is 23.1 Å². The summed E-state index contributed by atoms with van der Waals surface area (Å²) in [7, 11) is 1.95. The minimum absolute atomic E-state index is 0.0380. The molecule has 0 aliphatic carbocycles. The summed E-state index contributed by atoms with van der Waals surface area (Å²) >= 11 is 0. The van der Waals surface area contributed by atoms with E-state index < -0.39 is 5.60 Å². The minimum Gasteiger partial charge on any atom is -0.362 e. The van der Waals surface area contributed by atoms with E-state index >= 15 is 0 Å². The maximum Gasteiger partial charge on any atom is 0.253 e. The summed E-state index contributed by atoms with van der Waals surface area (Å²) in [6, 6.07) is 6.22. The Hall–Kier alpha value is -2.25. The number of piperidine rings is 1. The first kappa shape index (κ1) is 18.1. The summed E-state index contributed by atoms with van der Waals surface area (Å²) < 4.78 is 21.6. The number of hydrogen-bond acceptors (Lipinski definition) is 4. The Kier molecular flexibility index (Phi) is 4.74. The Morgan fingerprint density at radius 2 is 2.19 bits per heavy atom. The van der Waals surface area contributed by atoms with Crippen molar-refractivity contribution >= 4 is 11.6 Å². The standard InChI is InChI=1S/C20H25FN4O2/c1-15-16(10-22-23(15)2)11-24-8-4-7-20(13-24)14-25(19(26)12-27-20)18-6-3-5-17(21)9-18/h3,5-6,9-10H,4,7-8,11-14H2,1-2H3. The van der Waals surface area contributed by atoms with Crippen LogP contribution in [0.25, 0.3) is 0 Å². The number of ether oxygens (including phenoxy) is 1. The van der Waals surface area contributed by atoms with Crippen molar-refractivity contribution in [2.45, 2.75) is 31.9 Å². The van der Waals surface area contributed by atoms with Gasteiger partial charge in [-0.3, -0.25) is 14.4 Å². The number of anilines is 1. The van der Waals surface area contributed by atoms with Crippen LogP contribution in [-0.4, -0.2) is 52.4 Å². The number of likely N-dealkylation sites (tertiary alicyclic amines) is 1. The molecule has 0 bridgehead atoms. The summed E-state index contributed by atoms with van der Waals surface area (Å²) in [5.41, 5.74) is 2.57. The van der Waals surface area contributed by atoms with E-state index in [1.807, 2.05) is 17.9 Å². The predicted octanol–water partition coefficient (Wildman–Crippen LogP) is 2.27. The van der Waals surface area contributed by atoms with Crippen molar-refractivity contribution in [1.82, 2.24) is 14.7 Å². The zero-order valence-electron chi connectivity index (χ0n) is 15.8. The third-order valence-electron chi connectivity index (χ3n) is 5.72. The van der Waals surface area contributed by atoms with Gasteiger partial charge < -0.3 is 9.64 Å². The van der Waals surface area contributed by atoms with E-state index in [-0.39, 0.29) is 18.3 Å². The average molecular weight is 372 g/mol. The molecule has 2 saturated heterocycles. The highest BCUT2D eigenvalue weighted by Gasteiger charge is 2.43. The fraction of sp³-hybridized carbons (Fsp3) is 0.500. The second-order valence-electron chi connectivity index (χ2n) is 7.62. The maximum absolute atomic E-state index is 13.6. The second-order valence-corrected chi connectivity index (χ2v) is 7.62. The highest BCUT2D eigenvalue weighted by molar-refractivity contribution is 5.95. The van der Waals surface area contributed by atoms with Gasteiger partial charge in [-0.2, -0.15) is 5.10 Å². The van der Waals surface area contributed by atoms with Crippen molar-refractivity contribution in [3.63, 3.8) is 0 Å². The van der Waals surface area contributed by atoms with Crippen LogP contribution in [0.1, 0.15) is 24.1 Å². The minimum atomic E-state index is -0.408. The lowest BCUT2D eigenvalue weighted by Crippen LogP contribution is -2.61. The molecule has 4 rings (SSSR count). The molecule has 27 heavy (non-hydrogen) atoms. The quantitative estimate of drug-likeness (QED) is 0.829. The first-order valence-electron chi connectivity index (χ1n) is 9.35. The molecule has 144 valence electrons. The number of aromatic nitrogens is 2. The molecule has 1 spiro atoms. The van der Waals surface area contributed by atoms with Crippen LogP contribution in [0, 0.1) is 12.7 Å². The van der Waals surface area contributed by atoms with Gasteiger partial charge in [0.25, 0.3) is 5.91 Å². The molecule has 1 atom stereocenters. The normalized spacial score (nSPS) is 24.0. The molecule has 7 heteroatoms. The molecule has 1 unspecified atom stereocenters. The largest absolute Gasteiger partial charge is 0.362 e. The number of hydrogen-bond donors (Lipinski definition) is 0. The van der Waals surface area contributed by atoms with Gasteiger partial charge in [0.2, 0.25) is 0 Å². The van der Waals surface area contributed by atoms with Gasteiger partial charge in [-0.25, -0.2) is 4.39 Å². The number of carbonyl (C=O) groups excluding carboxylic acids is 1. The van der Waals surface area contributed by atoms with E-state index in [9.17, 15) is 9.18 Å². The number of halogens is 1. The summed E-state index contributed by atoms with van der Waals surface area (Å²) in [6.07, 6.45) is 3.82. The van der Waals surface area contributed by atoms with Crippen molar-refractivity contribution < 1.29 is 13.9 Å². The summed E-state index contributed by atoms with van der Waals surface area (Å²) in [4.78, 5) is 16.4. The molecule has 2 fully saturated rings. The number of rotatable bonds is 3. The molecule has 0 saturated carbocycles. The molecule has 1 aromatic carbocycles. The highest BCUT2D eigenvalue weighted by atomic mass is 19.1. The van der Waals surface area contributed by atoms with Crippen molar-refractivity contribution in [3.8, 4) is 0 Å². The fourth-order valence-corrected chi connectivity index (χ4v) is 4.11. The van der Waals surface area contributed by atoms with E-state index in [4.69, 9.17) is 4.74 Å². The zero-order valence-corrected chi connectivity index (χ0v) is 15.8. The molecule has 1 amide bonds. The van der Waals surface area contributed by atoms with Gasteiger partial charge in [-0.1, -0.05) is 6.07 Å². The third kappa shape index (κ3) is 3.61. The number of benzene rings is 1. The van der Waals surface area contributed by atoms with Gasteiger partial charge in [-0.15, -0.1) is 0 Å². The Labute approximate surface area is 158 Å². The molecular formula is C20H25FN4O2. The number of nitrogens with zero attached hydrogens (tertiary/aromatic N) is 4. The van der Waals surface area contributed by atoms with Gasteiger partial charge in [0.15, 0.2) is 0 Å². The van der Waals surface area contributed by atoms with E-state index in [0.29, 0.717) is 12.2 Å². The van der Waals surface area contributed by atoms with E-state index in [1.54, 1.807) is 17.0 Å². The highest BCUT2D eigenvalue weighted by Crippen LogP contribution is 2.32. The van der Waals surface area contributed by atoms with Crippen LogP contribution >= 0.6 is 0 Å². The Bertz CT molecular complexity index is 852. The van der Waals surface area contributed by atoms with E-state index in [0.717, 1.165) is 38.2 Å². The number of carbonyl (C=O) groups is 1. The van der Waals surface area contributed by atoms with Crippen molar-refractivity contribution in [3.05, 3.63) is 47.5 Å². The Balaban J connectivity index is 1.51. The van der Waals surface area contributed by atoms with Crippen LogP contribution in [0.15, 0.2) is 30.5 Å². The van der Waals surface area contributed by atoms with Crippen LogP contribution in [0.3, 0.4) is 0 Å². The molecular weight excluding hydrogens is 347 g/mol. The monoisotopic (exact) mass is 372 g/mol. The molecule has 6 nitrogen and oxygen atoms in total. The lowest BCUT2D eigenvalue weighted by Gasteiger charge is -2.47. The topological polar surface area (TPSA) is 50.6 Å². The van der Waals surface area contributed by atoms with Crippen LogP contribution in [0.2, 0.25) is 0 Å². The molecule has 2 aliphatic rings. The smallest absolute Gasteiger partial charge is 0.253 e. The lowest BCUT2D eigenvalue weighted by atomic mass is 9.90. The number of amides is 1. The molecule has 0 N–H and O–H groups in total. The van der Waals surface area contributed by atoms with Gasteiger partial charge >= 0.3 is 0 Å². The number of morpholine rings is 1. The van der Waals surface area contributed by atoms with Crippen LogP contribution in [0.4, 0.5) is 10.1 Å². The van der Waals surface area contributed by atoms with Crippen LogP contribution < -0.4 is 4.90 Å². The maximum atomic E-state index is 13.6. The summed E-state index contributed by atoms with van der Waals surface area (Å²) in [5.74, 6) is -0.454. The lowest BCUT2D eigenvalue weighted by molar-refractivity contribution is -0.146. The van der Waals surface area contributed by atoms with Gasteiger partial charge in [0.1, 0.15) is 12.4 Å². The molecule has 2 aliphatic heterocycles. The second kappa shape index (κ2) is 7.05. The van der Waals surface area contributed by atoms with Gasteiger partial charge in [0.05, 0.1) is 18.3 Å². The Morgan fingerprint density at radius 1 is 1.33 bits per heavy atom. The predicted molar refractivity (Wildman–Crippen MR) is 99.9 cm³/mol. The van der Waals surface area contributed by atoms with Crippen molar-refractivity contribution in [1.29, 1.82) is 0 Å². The molecule has 3 heterocycles. The average Bonchev–Trinajstić information content (AvgIpc) is 2.96. The van der Waals surface area contributed by atoms with Crippen LogP contribution in [0.5, 0.6) is 0 Å². The summed E-state index contributed by atoms with van der Waals surface area (Å²) in [6.45, 7) is 5.13.